The van der Waals surface area contributed by atoms with Crippen LogP contribution >= 0.6 is 0 Å². The van der Waals surface area contributed by atoms with Gasteiger partial charge in [0.2, 0.25) is 0 Å². The van der Waals surface area contributed by atoms with Gasteiger partial charge < -0.3 is 11.1 Å². The van der Waals surface area contributed by atoms with E-state index in [-0.39, 0.29) is 5.69 Å². The highest BCUT2D eigenvalue weighted by atomic mass is 19.1. The van der Waals surface area contributed by atoms with Crippen LogP contribution in [0.4, 0.5) is 10.1 Å². The molecule has 0 saturated heterocycles. The lowest BCUT2D eigenvalue weighted by molar-refractivity contribution is 0.632. The Morgan fingerprint density at radius 1 is 1.57 bits per heavy atom. The predicted octanol–water partition coefficient (Wildman–Crippen LogP) is 1.15. The van der Waals surface area contributed by atoms with Gasteiger partial charge in [-0.15, -0.1) is 0 Å². The van der Waals surface area contributed by atoms with Crippen molar-refractivity contribution >= 4 is 11.5 Å². The maximum atomic E-state index is 13.1. The Morgan fingerprint density at radius 2 is 2.36 bits per heavy atom. The van der Waals surface area contributed by atoms with E-state index in [1.807, 2.05) is 6.92 Å². The van der Waals surface area contributed by atoms with Gasteiger partial charge in [0, 0.05) is 11.6 Å². The lowest BCUT2D eigenvalue weighted by Crippen LogP contribution is -2.27. The average molecular weight is 193 g/mol. The number of anilines is 1. The van der Waals surface area contributed by atoms with Crippen LogP contribution in [0.15, 0.2) is 23.2 Å². The van der Waals surface area contributed by atoms with Crippen LogP contribution in [0, 0.1) is 5.82 Å². The monoisotopic (exact) mass is 193 g/mol. The number of hydrogen-bond acceptors (Lipinski definition) is 3. The fraction of sp³-hybridized carbons (Fsp3) is 0.300. The van der Waals surface area contributed by atoms with Crippen molar-refractivity contribution in [1.82, 2.24) is 5.32 Å². The molecule has 0 saturated carbocycles. The quantitative estimate of drug-likeness (QED) is 0.657. The molecule has 1 aliphatic heterocycles. The Balaban J connectivity index is 2.30. The summed E-state index contributed by atoms with van der Waals surface area (Å²) in [5.41, 5.74) is 6.30. The number of amidine groups is 1. The number of nitrogen functional groups attached to an aromatic ring is 1. The molecule has 0 bridgehead atoms. The fourth-order valence-corrected chi connectivity index (χ4v) is 1.40. The van der Waals surface area contributed by atoms with E-state index in [1.54, 1.807) is 12.1 Å². The molecule has 0 aliphatic carbocycles. The minimum absolute atomic E-state index is 0.167. The maximum Gasteiger partial charge on any atom is 0.146 e. The van der Waals surface area contributed by atoms with Crippen LogP contribution in [0.3, 0.4) is 0 Å². The first-order chi connectivity index (χ1) is 6.66. The summed E-state index contributed by atoms with van der Waals surface area (Å²) in [6.45, 7) is 2.77. The molecule has 0 aromatic heterocycles. The van der Waals surface area contributed by atoms with Gasteiger partial charge in [-0.2, -0.15) is 0 Å². The van der Waals surface area contributed by atoms with Crippen LogP contribution in [0.5, 0.6) is 0 Å². The van der Waals surface area contributed by atoms with Gasteiger partial charge in [-0.05, 0) is 25.1 Å². The SMILES string of the molecule is CC1CN=C(c2ccc(N)c(F)c2)N1. The molecule has 1 unspecified atom stereocenters. The lowest BCUT2D eigenvalue weighted by atomic mass is 10.2. The molecule has 3 N–H and O–H groups in total. The summed E-state index contributed by atoms with van der Waals surface area (Å²) in [5.74, 6) is 0.350. The summed E-state index contributed by atoms with van der Waals surface area (Å²) in [7, 11) is 0. The lowest BCUT2D eigenvalue weighted by Gasteiger charge is -2.06. The van der Waals surface area contributed by atoms with Crippen molar-refractivity contribution < 1.29 is 4.39 Å². The van der Waals surface area contributed by atoms with E-state index in [9.17, 15) is 4.39 Å². The van der Waals surface area contributed by atoms with E-state index in [0.717, 1.165) is 17.9 Å². The third-order valence-electron chi connectivity index (χ3n) is 2.18. The first-order valence-corrected chi connectivity index (χ1v) is 4.53. The van der Waals surface area contributed by atoms with Gasteiger partial charge in [0.25, 0.3) is 0 Å². The molecule has 1 heterocycles. The summed E-state index contributed by atoms with van der Waals surface area (Å²) >= 11 is 0. The van der Waals surface area contributed by atoms with Crippen molar-refractivity contribution in [2.24, 2.45) is 4.99 Å². The molecule has 4 heteroatoms. The molecule has 0 radical (unpaired) electrons. The van der Waals surface area contributed by atoms with Gasteiger partial charge >= 0.3 is 0 Å². The zero-order chi connectivity index (χ0) is 10.1. The van der Waals surface area contributed by atoms with Crippen molar-refractivity contribution in [3.8, 4) is 0 Å². The van der Waals surface area contributed by atoms with Crippen LogP contribution in [-0.2, 0) is 0 Å². The van der Waals surface area contributed by atoms with Crippen LogP contribution in [-0.4, -0.2) is 18.4 Å². The van der Waals surface area contributed by atoms with E-state index in [1.165, 1.54) is 6.07 Å². The van der Waals surface area contributed by atoms with Crippen LogP contribution in [0.1, 0.15) is 12.5 Å². The van der Waals surface area contributed by atoms with E-state index in [4.69, 9.17) is 5.73 Å². The van der Waals surface area contributed by atoms with Gasteiger partial charge in [-0.25, -0.2) is 4.39 Å². The topological polar surface area (TPSA) is 50.4 Å². The Morgan fingerprint density at radius 3 is 2.93 bits per heavy atom. The molecule has 1 aromatic carbocycles. The molecule has 1 atom stereocenters. The second-order valence-electron chi connectivity index (χ2n) is 3.47. The minimum atomic E-state index is -0.397. The zero-order valence-corrected chi connectivity index (χ0v) is 7.92. The molecular formula is C10H12FN3. The minimum Gasteiger partial charge on any atom is -0.396 e. The van der Waals surface area contributed by atoms with Crippen molar-refractivity contribution in [2.75, 3.05) is 12.3 Å². The standard InChI is InChI=1S/C10H12FN3/c1-6-5-13-10(14-6)7-2-3-9(12)8(11)4-7/h2-4,6H,5,12H2,1H3,(H,13,14). The van der Waals surface area contributed by atoms with Crippen molar-refractivity contribution in [2.45, 2.75) is 13.0 Å². The Labute approximate surface area is 81.8 Å². The average Bonchev–Trinajstić information content (AvgIpc) is 2.57. The summed E-state index contributed by atoms with van der Waals surface area (Å²) in [6.07, 6.45) is 0. The molecule has 1 aromatic rings. The highest BCUT2D eigenvalue weighted by molar-refractivity contribution is 6.00. The third kappa shape index (κ3) is 1.55. The third-order valence-corrected chi connectivity index (χ3v) is 2.18. The van der Waals surface area contributed by atoms with Crippen LogP contribution in [0.25, 0.3) is 0 Å². The molecule has 1 aliphatic rings. The molecule has 0 amide bonds. The van der Waals surface area contributed by atoms with Gasteiger partial charge in [-0.1, -0.05) is 0 Å². The van der Waals surface area contributed by atoms with Crippen molar-refractivity contribution in [3.63, 3.8) is 0 Å². The molecule has 3 nitrogen and oxygen atoms in total. The van der Waals surface area contributed by atoms with E-state index in [0.29, 0.717) is 6.04 Å². The van der Waals surface area contributed by atoms with Crippen LogP contribution < -0.4 is 11.1 Å². The number of nitrogens with two attached hydrogens (primary N) is 1. The maximum absolute atomic E-state index is 13.1. The van der Waals surface area contributed by atoms with Crippen LogP contribution in [0.2, 0.25) is 0 Å². The highest BCUT2D eigenvalue weighted by Crippen LogP contribution is 2.13. The van der Waals surface area contributed by atoms with Gasteiger partial charge in [0.15, 0.2) is 0 Å². The molecule has 74 valence electrons. The number of nitrogens with one attached hydrogen (secondary N) is 1. The Hall–Kier alpha value is -1.58. The number of hydrogen-bond donors (Lipinski definition) is 2. The summed E-state index contributed by atoms with van der Waals surface area (Å²) < 4.78 is 13.1. The van der Waals surface area contributed by atoms with Gasteiger partial charge in [0.05, 0.1) is 12.2 Å². The molecule has 14 heavy (non-hydrogen) atoms. The van der Waals surface area contributed by atoms with Crippen molar-refractivity contribution in [3.05, 3.63) is 29.6 Å². The zero-order valence-electron chi connectivity index (χ0n) is 7.92. The van der Waals surface area contributed by atoms with Crippen molar-refractivity contribution in [1.29, 1.82) is 0 Å². The van der Waals surface area contributed by atoms with E-state index < -0.39 is 5.82 Å². The molecule has 0 fully saturated rings. The Kier molecular flexibility index (Phi) is 2.11. The second-order valence-corrected chi connectivity index (χ2v) is 3.47. The predicted molar refractivity (Wildman–Crippen MR) is 54.8 cm³/mol. The number of benzene rings is 1. The number of halogens is 1. The number of aliphatic imine (C=N–C) groups is 1. The second kappa shape index (κ2) is 3.29. The molecule has 0 spiro atoms. The van der Waals surface area contributed by atoms with Gasteiger partial charge in [-0.3, -0.25) is 4.99 Å². The smallest absolute Gasteiger partial charge is 0.146 e. The van der Waals surface area contributed by atoms with E-state index >= 15 is 0 Å². The summed E-state index contributed by atoms with van der Waals surface area (Å²) in [6, 6.07) is 5.05. The number of rotatable bonds is 1. The Bertz CT molecular complexity index is 387. The van der Waals surface area contributed by atoms with Gasteiger partial charge in [0.1, 0.15) is 11.7 Å². The normalized spacial score (nSPS) is 20.4. The molecular weight excluding hydrogens is 181 g/mol. The fourth-order valence-electron chi connectivity index (χ4n) is 1.40. The first-order valence-electron chi connectivity index (χ1n) is 4.53. The molecule has 2 rings (SSSR count). The summed E-state index contributed by atoms with van der Waals surface area (Å²) in [4.78, 5) is 4.26. The largest absolute Gasteiger partial charge is 0.396 e. The number of nitrogens with zero attached hydrogens (tertiary/aromatic N) is 1. The highest BCUT2D eigenvalue weighted by Gasteiger charge is 2.14. The first kappa shape index (κ1) is 8.99. The summed E-state index contributed by atoms with van der Waals surface area (Å²) in [5, 5.41) is 3.16. The van der Waals surface area contributed by atoms with E-state index in [2.05, 4.69) is 10.3 Å².